The maximum absolute atomic E-state index is 5.32. The molecule has 0 spiro atoms. The van der Waals surface area contributed by atoms with Crippen molar-refractivity contribution >= 4 is 31.5 Å². The van der Waals surface area contributed by atoms with Gasteiger partial charge in [0.2, 0.25) is 0 Å². The Hall–Kier alpha value is -6.94. The van der Waals surface area contributed by atoms with Crippen molar-refractivity contribution in [2.75, 3.05) is 0 Å². The lowest BCUT2D eigenvalue weighted by Gasteiger charge is -2.16. The van der Waals surface area contributed by atoms with E-state index in [0.717, 1.165) is 50.3 Å². The number of nitrogens with zero attached hydrogens (tertiary/aromatic N) is 2. The number of hydrogen-bond donors (Lipinski definition) is 0. The van der Waals surface area contributed by atoms with Gasteiger partial charge in [-0.15, -0.1) is 11.3 Å². The lowest BCUT2D eigenvalue weighted by Crippen LogP contribution is -1.97. The van der Waals surface area contributed by atoms with Crippen molar-refractivity contribution in [2.45, 2.75) is 0 Å². The molecule has 3 heteroatoms. The Morgan fingerprint density at radius 1 is 0.273 bits per heavy atom. The van der Waals surface area contributed by atoms with E-state index in [-0.39, 0.29) is 0 Å². The highest BCUT2D eigenvalue weighted by Crippen LogP contribution is 2.41. The average molecular weight is 719 g/mol. The molecule has 0 fully saturated rings. The number of benzene rings is 8. The van der Waals surface area contributed by atoms with E-state index in [1.165, 1.54) is 42.4 Å². The van der Waals surface area contributed by atoms with Crippen LogP contribution in [-0.2, 0) is 0 Å². The summed E-state index contributed by atoms with van der Waals surface area (Å²) in [5, 5.41) is 2.60. The van der Waals surface area contributed by atoms with Gasteiger partial charge in [-0.05, 0) is 80.9 Å². The van der Waals surface area contributed by atoms with E-state index < -0.39 is 0 Å². The van der Waals surface area contributed by atoms with Crippen LogP contribution in [0.2, 0.25) is 0 Å². The van der Waals surface area contributed by atoms with Crippen LogP contribution in [0.1, 0.15) is 0 Å². The minimum atomic E-state index is 0.694. The highest BCUT2D eigenvalue weighted by atomic mass is 32.1. The molecule has 0 aliphatic rings. The molecule has 2 aromatic heterocycles. The Morgan fingerprint density at radius 2 is 0.764 bits per heavy atom. The number of rotatable bonds is 7. The minimum Gasteiger partial charge on any atom is -0.228 e. The molecule has 2 nitrogen and oxygen atoms in total. The molecule has 0 N–H and O–H groups in total. The lowest BCUT2D eigenvalue weighted by atomic mass is 9.90. The first-order valence-electron chi connectivity index (χ1n) is 18.6. The van der Waals surface area contributed by atoms with Gasteiger partial charge >= 0.3 is 0 Å². The minimum absolute atomic E-state index is 0.694. The molecule has 0 saturated carbocycles. The number of fused-ring (bicyclic) bond motifs is 3. The molecule has 0 aliphatic carbocycles. The summed E-state index contributed by atoms with van der Waals surface area (Å²) in [6, 6.07) is 73.4. The Morgan fingerprint density at radius 3 is 1.45 bits per heavy atom. The van der Waals surface area contributed by atoms with Crippen LogP contribution in [0, 0.1) is 0 Å². The fraction of sp³-hybridized carbons (Fsp3) is 0. The van der Waals surface area contributed by atoms with Crippen molar-refractivity contribution in [3.63, 3.8) is 0 Å². The van der Waals surface area contributed by atoms with Crippen LogP contribution in [-0.4, -0.2) is 9.97 Å². The molecule has 0 unspecified atom stereocenters. The van der Waals surface area contributed by atoms with Crippen molar-refractivity contribution in [3.8, 4) is 78.4 Å². The Bertz CT molecular complexity index is 2970. The van der Waals surface area contributed by atoms with Crippen LogP contribution in [0.4, 0.5) is 0 Å². The van der Waals surface area contributed by atoms with Gasteiger partial charge in [0, 0.05) is 36.9 Å². The van der Waals surface area contributed by atoms with Crippen LogP contribution >= 0.6 is 11.3 Å². The largest absolute Gasteiger partial charge is 0.228 e. The van der Waals surface area contributed by atoms with Crippen molar-refractivity contribution in [3.05, 3.63) is 206 Å². The van der Waals surface area contributed by atoms with Gasteiger partial charge in [0.05, 0.1) is 11.4 Å². The van der Waals surface area contributed by atoms with Crippen molar-refractivity contribution in [2.24, 2.45) is 0 Å². The topological polar surface area (TPSA) is 25.8 Å². The Kier molecular flexibility index (Phi) is 8.40. The Labute approximate surface area is 324 Å². The van der Waals surface area contributed by atoms with Crippen LogP contribution in [0.3, 0.4) is 0 Å². The van der Waals surface area contributed by atoms with Gasteiger partial charge in [-0.1, -0.05) is 170 Å². The molecular formula is C52H34N2S. The maximum atomic E-state index is 5.32. The van der Waals surface area contributed by atoms with Gasteiger partial charge in [0.15, 0.2) is 5.82 Å². The molecule has 0 bridgehead atoms. The fourth-order valence-corrected chi connectivity index (χ4v) is 8.78. The predicted octanol–water partition coefficient (Wildman–Crippen LogP) is 14.5. The predicted molar refractivity (Wildman–Crippen MR) is 233 cm³/mol. The van der Waals surface area contributed by atoms with Gasteiger partial charge in [-0.3, -0.25) is 0 Å². The van der Waals surface area contributed by atoms with E-state index in [4.69, 9.17) is 9.97 Å². The van der Waals surface area contributed by atoms with Gasteiger partial charge < -0.3 is 0 Å². The molecule has 2 heterocycles. The summed E-state index contributed by atoms with van der Waals surface area (Å²) in [6.07, 6.45) is 0. The maximum Gasteiger partial charge on any atom is 0.160 e. The molecule has 0 amide bonds. The number of thiophene rings is 1. The molecule has 0 aliphatic heterocycles. The van der Waals surface area contributed by atoms with Crippen molar-refractivity contribution < 1.29 is 0 Å². The Balaban J connectivity index is 1.22. The number of aromatic nitrogens is 2. The first kappa shape index (κ1) is 32.7. The highest BCUT2D eigenvalue weighted by Gasteiger charge is 2.17. The zero-order valence-electron chi connectivity index (χ0n) is 29.9. The summed E-state index contributed by atoms with van der Waals surface area (Å²) >= 11 is 1.85. The molecule has 8 aromatic carbocycles. The zero-order chi connectivity index (χ0) is 36.6. The molecule has 0 atom stereocenters. The van der Waals surface area contributed by atoms with Gasteiger partial charge in [-0.25, -0.2) is 9.97 Å². The van der Waals surface area contributed by atoms with Crippen molar-refractivity contribution in [1.29, 1.82) is 0 Å². The molecule has 0 radical (unpaired) electrons. The quantitative estimate of drug-likeness (QED) is 0.164. The van der Waals surface area contributed by atoms with E-state index in [9.17, 15) is 0 Å². The second-order valence-corrected chi connectivity index (χ2v) is 14.8. The van der Waals surface area contributed by atoms with Gasteiger partial charge in [-0.2, -0.15) is 0 Å². The molecular weight excluding hydrogens is 685 g/mol. The average Bonchev–Trinajstić information content (AvgIpc) is 3.65. The van der Waals surface area contributed by atoms with Crippen molar-refractivity contribution in [1.82, 2.24) is 9.97 Å². The van der Waals surface area contributed by atoms with Gasteiger partial charge in [0.25, 0.3) is 0 Å². The third kappa shape index (κ3) is 6.31. The first-order valence-corrected chi connectivity index (χ1v) is 19.4. The van der Waals surface area contributed by atoms with E-state index in [1.54, 1.807) is 0 Å². The summed E-state index contributed by atoms with van der Waals surface area (Å²) in [5.74, 6) is 0.694. The monoisotopic (exact) mass is 718 g/mol. The summed E-state index contributed by atoms with van der Waals surface area (Å²) in [6.45, 7) is 0. The summed E-state index contributed by atoms with van der Waals surface area (Å²) in [4.78, 5) is 10.6. The molecule has 10 rings (SSSR count). The van der Waals surface area contributed by atoms with Crippen LogP contribution in [0.25, 0.3) is 98.6 Å². The first-order chi connectivity index (χ1) is 27.2. The van der Waals surface area contributed by atoms with Crippen LogP contribution in [0.5, 0.6) is 0 Å². The van der Waals surface area contributed by atoms with Gasteiger partial charge in [0.1, 0.15) is 0 Å². The zero-order valence-corrected chi connectivity index (χ0v) is 30.7. The van der Waals surface area contributed by atoms with E-state index in [2.05, 4.69) is 188 Å². The third-order valence-electron chi connectivity index (χ3n) is 10.3. The molecule has 55 heavy (non-hydrogen) atoms. The highest BCUT2D eigenvalue weighted by molar-refractivity contribution is 7.25. The summed E-state index contributed by atoms with van der Waals surface area (Å²) < 4.78 is 2.59. The molecule has 0 saturated heterocycles. The number of hydrogen-bond acceptors (Lipinski definition) is 3. The normalized spacial score (nSPS) is 11.3. The SMILES string of the molecule is c1ccc(-c2nc(-c3cc(-c4ccc5c(c4)sc4ccccc45)cc(-c4ccccc4-c4ccccc4)c3)cc(-c3ccccc3-c3ccccc3)n2)cc1. The molecule has 10 aromatic rings. The van der Waals surface area contributed by atoms with Crippen LogP contribution < -0.4 is 0 Å². The smallest absolute Gasteiger partial charge is 0.160 e. The van der Waals surface area contributed by atoms with E-state index in [0.29, 0.717) is 5.82 Å². The third-order valence-corrected chi connectivity index (χ3v) is 11.4. The van der Waals surface area contributed by atoms with E-state index >= 15 is 0 Å². The standard InChI is InChI=1S/C52H34N2S/c1-4-16-35(17-5-1)42-22-10-11-24-44(42)40-30-39(38-28-29-47-46-26-14-15-27-50(46)55-51(47)33-38)31-41(32-40)48-34-49(54-52(53-48)37-20-8-3-9-21-37)45-25-13-12-23-43(45)36-18-6-2-7-19-36/h1-34H. The lowest BCUT2D eigenvalue weighted by molar-refractivity contribution is 1.18. The second-order valence-electron chi connectivity index (χ2n) is 13.8. The fourth-order valence-electron chi connectivity index (χ4n) is 7.63. The summed E-state index contributed by atoms with van der Waals surface area (Å²) in [5.41, 5.74) is 14.1. The molecule has 258 valence electrons. The second kappa shape index (κ2) is 14.1. The summed E-state index contributed by atoms with van der Waals surface area (Å²) in [7, 11) is 0. The van der Waals surface area contributed by atoms with E-state index in [1.807, 2.05) is 29.5 Å². The van der Waals surface area contributed by atoms with Crippen LogP contribution in [0.15, 0.2) is 206 Å².